The number of carbonyl (C=O) groups excluding carboxylic acids is 3. The molecule has 3 N–H and O–H groups in total. The van der Waals surface area contributed by atoms with Gasteiger partial charge in [-0.3, -0.25) is 9.59 Å². The molecule has 35 heavy (non-hydrogen) atoms. The molecular formula is C28H30N4O3. The van der Waals surface area contributed by atoms with E-state index < -0.39 is 6.04 Å². The molecule has 3 aromatic carbocycles. The molecule has 1 aliphatic rings. The smallest absolute Gasteiger partial charge is 0.319 e. The van der Waals surface area contributed by atoms with Crippen LogP contribution in [-0.2, 0) is 4.79 Å². The average Bonchev–Trinajstić information content (AvgIpc) is 2.90. The quantitative estimate of drug-likeness (QED) is 0.479. The summed E-state index contributed by atoms with van der Waals surface area (Å²) in [6, 6.07) is 27.2. The summed E-state index contributed by atoms with van der Waals surface area (Å²) < 4.78 is 0. The lowest BCUT2D eigenvalue weighted by Crippen LogP contribution is -2.48. The van der Waals surface area contributed by atoms with E-state index in [9.17, 15) is 14.4 Å². The molecule has 0 bridgehead atoms. The molecule has 1 heterocycles. The highest BCUT2D eigenvalue weighted by atomic mass is 16.2. The molecule has 7 nitrogen and oxygen atoms in total. The number of para-hydroxylation sites is 1. The van der Waals surface area contributed by atoms with Crippen molar-refractivity contribution in [1.82, 2.24) is 15.5 Å². The fourth-order valence-electron chi connectivity index (χ4n) is 4.22. The maximum atomic E-state index is 13.1. The predicted molar refractivity (Wildman–Crippen MR) is 136 cm³/mol. The highest BCUT2D eigenvalue weighted by molar-refractivity contribution is 5.94. The molecule has 1 aliphatic heterocycles. The van der Waals surface area contributed by atoms with Crippen LogP contribution in [0.1, 0.15) is 41.2 Å². The number of amides is 4. The Balaban J connectivity index is 1.31. The topological polar surface area (TPSA) is 90.5 Å². The van der Waals surface area contributed by atoms with Gasteiger partial charge < -0.3 is 20.9 Å². The number of nitrogens with one attached hydrogen (secondary N) is 3. The first kappa shape index (κ1) is 24.0. The van der Waals surface area contributed by atoms with Crippen LogP contribution in [0, 0.1) is 0 Å². The van der Waals surface area contributed by atoms with Crippen LogP contribution >= 0.6 is 0 Å². The number of carbonyl (C=O) groups is 3. The molecule has 0 spiro atoms. The number of piperidine rings is 1. The summed E-state index contributed by atoms with van der Waals surface area (Å²) in [7, 11) is 0. The second-order valence-corrected chi connectivity index (χ2v) is 8.63. The fraction of sp³-hybridized carbons (Fsp3) is 0.250. The third kappa shape index (κ3) is 6.93. The van der Waals surface area contributed by atoms with Gasteiger partial charge in [0.2, 0.25) is 5.91 Å². The number of hydrogen-bond acceptors (Lipinski definition) is 3. The molecule has 0 aliphatic carbocycles. The molecule has 4 rings (SSSR count). The number of nitrogens with zero attached hydrogens (tertiary/aromatic N) is 1. The Morgan fingerprint density at radius 2 is 1.37 bits per heavy atom. The number of urea groups is 1. The summed E-state index contributed by atoms with van der Waals surface area (Å²) in [5, 5.41) is 8.85. The van der Waals surface area contributed by atoms with Crippen molar-refractivity contribution in [3.05, 3.63) is 102 Å². The molecule has 3 aromatic rings. The zero-order valence-electron chi connectivity index (χ0n) is 19.5. The van der Waals surface area contributed by atoms with E-state index in [1.807, 2.05) is 83.8 Å². The number of hydrogen-bond donors (Lipinski definition) is 3. The third-order valence-electron chi connectivity index (χ3n) is 6.14. The Morgan fingerprint density at radius 3 is 2.00 bits per heavy atom. The van der Waals surface area contributed by atoms with Gasteiger partial charge in [-0.1, -0.05) is 66.7 Å². The molecule has 7 heteroatoms. The molecule has 0 radical (unpaired) electrons. The van der Waals surface area contributed by atoms with Crippen LogP contribution in [0.4, 0.5) is 10.5 Å². The minimum atomic E-state index is -0.427. The standard InChI is InChI=1S/C28H30N4O3/c33-26(32-18-16-24(17-19-32)30-28(35)29-23-14-8-3-9-15-23)20-25(21-10-4-1-5-11-21)31-27(34)22-12-6-2-7-13-22/h1-15,24-25H,16-20H2,(H,31,34)(H2,29,30,35). The summed E-state index contributed by atoms with van der Waals surface area (Å²) in [4.78, 5) is 40.0. The van der Waals surface area contributed by atoms with Gasteiger partial charge in [0.25, 0.3) is 5.91 Å². The van der Waals surface area contributed by atoms with E-state index >= 15 is 0 Å². The van der Waals surface area contributed by atoms with Crippen molar-refractivity contribution in [1.29, 1.82) is 0 Å². The highest BCUT2D eigenvalue weighted by Crippen LogP contribution is 2.21. The van der Waals surface area contributed by atoms with Gasteiger partial charge in [-0.25, -0.2) is 4.79 Å². The van der Waals surface area contributed by atoms with E-state index in [0.717, 1.165) is 11.3 Å². The van der Waals surface area contributed by atoms with Crippen molar-refractivity contribution in [2.45, 2.75) is 31.3 Å². The van der Waals surface area contributed by atoms with E-state index in [0.29, 0.717) is 31.5 Å². The Labute approximate surface area is 205 Å². The van der Waals surface area contributed by atoms with Crippen molar-refractivity contribution in [3.8, 4) is 0 Å². The van der Waals surface area contributed by atoms with Crippen LogP contribution in [0.5, 0.6) is 0 Å². The van der Waals surface area contributed by atoms with E-state index in [1.165, 1.54) is 0 Å². The molecule has 0 saturated carbocycles. The van der Waals surface area contributed by atoms with Gasteiger partial charge in [-0.05, 0) is 42.7 Å². The van der Waals surface area contributed by atoms with E-state index in [2.05, 4.69) is 16.0 Å². The molecule has 180 valence electrons. The van der Waals surface area contributed by atoms with Crippen LogP contribution in [0.25, 0.3) is 0 Å². The van der Waals surface area contributed by atoms with Gasteiger partial charge in [-0.2, -0.15) is 0 Å². The molecule has 1 fully saturated rings. The zero-order chi connectivity index (χ0) is 24.5. The fourth-order valence-corrected chi connectivity index (χ4v) is 4.22. The van der Waals surface area contributed by atoms with Crippen molar-refractivity contribution in [2.24, 2.45) is 0 Å². The Kier molecular flexibility index (Phi) is 8.12. The first-order chi connectivity index (χ1) is 17.1. The van der Waals surface area contributed by atoms with Gasteiger partial charge in [0, 0.05) is 30.4 Å². The minimum absolute atomic E-state index is 0.00506. The van der Waals surface area contributed by atoms with E-state index in [4.69, 9.17) is 0 Å². The average molecular weight is 471 g/mol. The highest BCUT2D eigenvalue weighted by Gasteiger charge is 2.27. The number of anilines is 1. The van der Waals surface area contributed by atoms with Crippen LogP contribution in [-0.4, -0.2) is 41.9 Å². The zero-order valence-corrected chi connectivity index (χ0v) is 19.5. The molecule has 4 amide bonds. The second kappa shape index (κ2) is 11.8. The summed E-state index contributed by atoms with van der Waals surface area (Å²) in [6.07, 6.45) is 1.54. The van der Waals surface area contributed by atoms with Gasteiger partial charge >= 0.3 is 6.03 Å². The van der Waals surface area contributed by atoms with E-state index in [1.54, 1.807) is 12.1 Å². The largest absolute Gasteiger partial charge is 0.345 e. The first-order valence-electron chi connectivity index (χ1n) is 11.9. The summed E-state index contributed by atoms with van der Waals surface area (Å²) in [5.74, 6) is -0.223. The lowest BCUT2D eigenvalue weighted by atomic mass is 10.0. The van der Waals surface area contributed by atoms with Crippen molar-refractivity contribution >= 4 is 23.5 Å². The Hall–Kier alpha value is -4.13. The Bertz CT molecular complexity index is 1110. The van der Waals surface area contributed by atoms with Crippen LogP contribution in [0.2, 0.25) is 0 Å². The first-order valence-corrected chi connectivity index (χ1v) is 11.9. The van der Waals surface area contributed by atoms with Crippen molar-refractivity contribution < 1.29 is 14.4 Å². The molecule has 0 aromatic heterocycles. The molecule has 1 atom stereocenters. The summed E-state index contributed by atoms with van der Waals surface area (Å²) in [6.45, 7) is 1.12. The Morgan fingerprint density at radius 1 is 0.800 bits per heavy atom. The lowest BCUT2D eigenvalue weighted by Gasteiger charge is -2.33. The van der Waals surface area contributed by atoms with Gasteiger partial charge in [-0.15, -0.1) is 0 Å². The predicted octanol–water partition coefficient (Wildman–Crippen LogP) is 4.36. The van der Waals surface area contributed by atoms with Crippen LogP contribution in [0.15, 0.2) is 91.0 Å². The molecule has 1 saturated heterocycles. The number of likely N-dealkylation sites (tertiary alicyclic amines) is 1. The maximum Gasteiger partial charge on any atom is 0.319 e. The summed E-state index contributed by atoms with van der Waals surface area (Å²) >= 11 is 0. The summed E-state index contributed by atoms with van der Waals surface area (Å²) in [5.41, 5.74) is 2.18. The second-order valence-electron chi connectivity index (χ2n) is 8.63. The number of rotatable bonds is 7. The van der Waals surface area contributed by atoms with Crippen LogP contribution < -0.4 is 16.0 Å². The van der Waals surface area contributed by atoms with Crippen LogP contribution in [0.3, 0.4) is 0 Å². The SMILES string of the molecule is O=C(Nc1ccccc1)NC1CCN(C(=O)CC(NC(=O)c2ccccc2)c2ccccc2)CC1. The maximum absolute atomic E-state index is 13.1. The number of benzene rings is 3. The van der Waals surface area contributed by atoms with Gasteiger partial charge in [0.05, 0.1) is 12.5 Å². The monoisotopic (exact) mass is 470 g/mol. The van der Waals surface area contributed by atoms with Gasteiger partial charge in [0.15, 0.2) is 0 Å². The normalized spacial score (nSPS) is 14.6. The molecular weight excluding hydrogens is 440 g/mol. The van der Waals surface area contributed by atoms with Crippen molar-refractivity contribution in [2.75, 3.05) is 18.4 Å². The minimum Gasteiger partial charge on any atom is -0.345 e. The lowest BCUT2D eigenvalue weighted by molar-refractivity contribution is -0.132. The van der Waals surface area contributed by atoms with Crippen molar-refractivity contribution in [3.63, 3.8) is 0 Å². The third-order valence-corrected chi connectivity index (χ3v) is 6.14. The van der Waals surface area contributed by atoms with Gasteiger partial charge in [0.1, 0.15) is 0 Å². The molecule has 1 unspecified atom stereocenters. The van der Waals surface area contributed by atoms with E-state index in [-0.39, 0.29) is 30.3 Å².